The molecule has 0 atom stereocenters. The van der Waals surface area contributed by atoms with Gasteiger partial charge in [-0.3, -0.25) is 9.59 Å². The van der Waals surface area contributed by atoms with E-state index in [1.165, 1.54) is 0 Å². The molecule has 4 heteroatoms. The average molecular weight is 255 g/mol. The monoisotopic (exact) mass is 254 g/mol. The Kier molecular flexibility index (Phi) is 7.49. The van der Waals surface area contributed by atoms with Crippen LogP contribution in [0.15, 0.2) is 0 Å². The highest BCUT2D eigenvalue weighted by Crippen LogP contribution is 2.22. The summed E-state index contributed by atoms with van der Waals surface area (Å²) in [6, 6.07) is 0. The second kappa shape index (κ2) is 6.49. The Morgan fingerprint density at radius 2 is 1.20 bits per heavy atom. The minimum atomic E-state index is -0.373. The van der Waals surface area contributed by atoms with Gasteiger partial charge in [0.25, 0.3) is 0 Å². The third-order valence-corrected chi connectivity index (χ3v) is 3.08. The van der Waals surface area contributed by atoms with E-state index in [1.807, 2.05) is 20.8 Å². The van der Waals surface area contributed by atoms with Crippen LogP contribution in [0.2, 0.25) is 0 Å². The van der Waals surface area contributed by atoms with Crippen molar-refractivity contribution in [1.82, 2.24) is 0 Å². The molecule has 0 aliphatic carbocycles. The van der Waals surface area contributed by atoms with Gasteiger partial charge in [0.15, 0.2) is 0 Å². The van der Waals surface area contributed by atoms with Gasteiger partial charge in [0.05, 0.1) is 0 Å². The molecule has 0 N–H and O–H groups in total. The molecule has 0 aromatic rings. The number of rotatable bonds is 2. The molecule has 0 aliphatic heterocycles. The van der Waals surface area contributed by atoms with Crippen molar-refractivity contribution in [3.63, 3.8) is 0 Å². The van der Waals surface area contributed by atoms with E-state index in [1.54, 1.807) is 20.8 Å². The minimum Gasteiger partial charge on any atom is -0.281 e. The summed E-state index contributed by atoms with van der Waals surface area (Å²) < 4.78 is 0. The molecule has 0 saturated heterocycles. The lowest BCUT2D eigenvalue weighted by molar-refractivity contribution is -0.119. The first-order valence-corrected chi connectivity index (χ1v) is 5.60. The number of halogens is 2. The third-order valence-electron chi connectivity index (χ3n) is 2.01. The fraction of sp³-hybridized carbons (Fsp3) is 0.818. The van der Waals surface area contributed by atoms with E-state index in [-0.39, 0.29) is 21.3 Å². The maximum absolute atomic E-state index is 10.5. The predicted octanol–water partition coefficient (Wildman–Crippen LogP) is 3.99. The molecule has 0 aromatic carbocycles. The summed E-state index contributed by atoms with van der Waals surface area (Å²) in [7, 11) is 0. The number of carbonyl (C=O) groups is 2. The van der Waals surface area contributed by atoms with Crippen LogP contribution in [0.3, 0.4) is 0 Å². The van der Waals surface area contributed by atoms with E-state index in [0.29, 0.717) is 0 Å². The molecule has 0 aliphatic rings. The van der Waals surface area contributed by atoms with Crippen LogP contribution < -0.4 is 0 Å². The molecule has 90 valence electrons. The first-order chi connectivity index (χ1) is 6.45. The molecule has 0 heterocycles. The standard InChI is InChI=1S/C6H11ClO.C5H9ClO/c1-4-6(2,3)5(7)8;1-5(2,3)4(6)7/h4H2,1-3H3;1-3H3. The van der Waals surface area contributed by atoms with Crippen LogP contribution in [0.5, 0.6) is 0 Å². The van der Waals surface area contributed by atoms with Gasteiger partial charge in [-0.2, -0.15) is 0 Å². The van der Waals surface area contributed by atoms with E-state index in [2.05, 4.69) is 0 Å². The lowest BCUT2D eigenvalue weighted by Gasteiger charge is -2.14. The van der Waals surface area contributed by atoms with Gasteiger partial charge < -0.3 is 0 Å². The Bertz CT molecular complexity index is 227. The van der Waals surface area contributed by atoms with Crippen molar-refractivity contribution < 1.29 is 9.59 Å². The van der Waals surface area contributed by atoms with Crippen molar-refractivity contribution in [3.8, 4) is 0 Å². The Labute approximate surface area is 102 Å². The van der Waals surface area contributed by atoms with Crippen molar-refractivity contribution in [2.75, 3.05) is 0 Å². The molecule has 0 saturated carbocycles. The van der Waals surface area contributed by atoms with Gasteiger partial charge in [0.1, 0.15) is 0 Å². The summed E-state index contributed by atoms with van der Waals surface area (Å²) in [4.78, 5) is 20.7. The Hall–Kier alpha value is -0.0800. The minimum absolute atomic E-state index is 0.250. The van der Waals surface area contributed by atoms with Crippen molar-refractivity contribution >= 4 is 33.7 Å². The third kappa shape index (κ3) is 8.88. The fourth-order valence-electron chi connectivity index (χ4n) is 0.139. The van der Waals surface area contributed by atoms with Crippen molar-refractivity contribution in [2.45, 2.75) is 48.0 Å². The molecule has 2 nitrogen and oxygen atoms in total. The lowest BCUT2D eigenvalue weighted by atomic mass is 9.92. The van der Waals surface area contributed by atoms with Gasteiger partial charge in [-0.1, -0.05) is 41.5 Å². The summed E-state index contributed by atoms with van der Waals surface area (Å²) in [6.07, 6.45) is 0.801. The zero-order valence-electron chi connectivity index (χ0n) is 10.3. The average Bonchev–Trinajstić information content (AvgIpc) is 2.03. The smallest absolute Gasteiger partial charge is 0.227 e. The largest absolute Gasteiger partial charge is 0.281 e. The summed E-state index contributed by atoms with van der Waals surface area (Å²) in [5, 5.41) is -0.535. The quantitative estimate of drug-likeness (QED) is 0.699. The van der Waals surface area contributed by atoms with Crippen LogP contribution in [-0.4, -0.2) is 10.5 Å². The maximum atomic E-state index is 10.5. The SMILES string of the molecule is CC(C)(C)C(=O)Cl.CCC(C)(C)C(=O)Cl. The lowest BCUT2D eigenvalue weighted by Crippen LogP contribution is -2.17. The number of carbonyl (C=O) groups excluding carboxylic acids is 2. The van der Waals surface area contributed by atoms with Crippen LogP contribution in [0.1, 0.15) is 48.0 Å². The summed E-state index contributed by atoms with van der Waals surface area (Å²) in [5.41, 5.74) is -0.705. The van der Waals surface area contributed by atoms with E-state index < -0.39 is 0 Å². The molecular weight excluding hydrogens is 235 g/mol. The van der Waals surface area contributed by atoms with Crippen LogP contribution in [0.4, 0.5) is 0 Å². The first kappa shape index (κ1) is 17.3. The summed E-state index contributed by atoms with van der Waals surface area (Å²) in [6.45, 7) is 11.0. The van der Waals surface area contributed by atoms with Gasteiger partial charge in [-0.15, -0.1) is 0 Å². The summed E-state index contributed by atoms with van der Waals surface area (Å²) in [5.74, 6) is 0. The molecular formula is C11H20Cl2O2. The van der Waals surface area contributed by atoms with Gasteiger partial charge in [0, 0.05) is 10.8 Å². The molecule has 0 spiro atoms. The highest BCUT2D eigenvalue weighted by molar-refractivity contribution is 6.64. The highest BCUT2D eigenvalue weighted by atomic mass is 35.5. The molecule has 0 radical (unpaired) electrons. The van der Waals surface area contributed by atoms with Gasteiger partial charge in [-0.25, -0.2) is 0 Å². The Morgan fingerprint density at radius 3 is 1.20 bits per heavy atom. The van der Waals surface area contributed by atoms with Gasteiger partial charge >= 0.3 is 0 Å². The van der Waals surface area contributed by atoms with E-state index >= 15 is 0 Å². The Morgan fingerprint density at radius 1 is 0.933 bits per heavy atom. The molecule has 0 amide bonds. The van der Waals surface area contributed by atoms with Crippen molar-refractivity contribution in [1.29, 1.82) is 0 Å². The molecule has 15 heavy (non-hydrogen) atoms. The molecule has 0 rings (SSSR count). The summed E-state index contributed by atoms with van der Waals surface area (Å²) >= 11 is 10.3. The fourth-order valence-corrected chi connectivity index (χ4v) is 0.273. The highest BCUT2D eigenvalue weighted by Gasteiger charge is 2.22. The topological polar surface area (TPSA) is 34.1 Å². The second-order valence-corrected chi connectivity index (χ2v) is 5.72. The van der Waals surface area contributed by atoms with E-state index in [4.69, 9.17) is 23.2 Å². The zero-order valence-corrected chi connectivity index (χ0v) is 11.8. The zero-order chi connectivity index (χ0) is 12.9. The van der Waals surface area contributed by atoms with Crippen molar-refractivity contribution in [3.05, 3.63) is 0 Å². The maximum Gasteiger partial charge on any atom is 0.227 e. The Balaban J connectivity index is 0. The van der Waals surface area contributed by atoms with Gasteiger partial charge in [0.2, 0.25) is 10.5 Å². The van der Waals surface area contributed by atoms with Crippen LogP contribution >= 0.6 is 23.2 Å². The predicted molar refractivity (Wildman–Crippen MR) is 65.2 cm³/mol. The second-order valence-electron chi connectivity index (χ2n) is 5.03. The molecule has 0 aromatic heterocycles. The number of hydrogen-bond donors (Lipinski definition) is 0. The number of hydrogen-bond acceptors (Lipinski definition) is 2. The van der Waals surface area contributed by atoms with Crippen LogP contribution in [-0.2, 0) is 9.59 Å². The molecule has 0 unspecified atom stereocenters. The van der Waals surface area contributed by atoms with Crippen LogP contribution in [0.25, 0.3) is 0 Å². The molecule has 0 bridgehead atoms. The van der Waals surface area contributed by atoms with Crippen LogP contribution in [0, 0.1) is 10.8 Å². The van der Waals surface area contributed by atoms with Crippen molar-refractivity contribution in [2.24, 2.45) is 10.8 Å². The molecule has 0 fully saturated rings. The first-order valence-electron chi connectivity index (χ1n) is 4.85. The van der Waals surface area contributed by atoms with E-state index in [9.17, 15) is 9.59 Å². The van der Waals surface area contributed by atoms with E-state index in [0.717, 1.165) is 6.42 Å². The normalized spacial score (nSPS) is 11.5. The van der Waals surface area contributed by atoms with Gasteiger partial charge in [-0.05, 0) is 29.6 Å².